The fourth-order valence-electron chi connectivity index (χ4n) is 3.28. The van der Waals surface area contributed by atoms with E-state index >= 15 is 0 Å². The van der Waals surface area contributed by atoms with Gasteiger partial charge in [-0.2, -0.15) is 13.2 Å². The maximum Gasteiger partial charge on any atom is 0.416 e. The summed E-state index contributed by atoms with van der Waals surface area (Å²) in [5.41, 5.74) is 0.587. The summed E-state index contributed by atoms with van der Waals surface area (Å²) >= 11 is 1.13. The number of alkyl halides is 3. The van der Waals surface area contributed by atoms with Crippen molar-refractivity contribution in [2.75, 3.05) is 18.8 Å². The molecular weight excluding hydrogens is 373 g/mol. The summed E-state index contributed by atoms with van der Waals surface area (Å²) in [6.45, 7) is 2.81. The lowest BCUT2D eigenvalue weighted by Crippen LogP contribution is -3.09. The maximum atomic E-state index is 12.7. The van der Waals surface area contributed by atoms with Crippen LogP contribution in [-0.4, -0.2) is 30.8 Å². The van der Waals surface area contributed by atoms with Gasteiger partial charge in [-0.1, -0.05) is 36.4 Å². The van der Waals surface area contributed by atoms with E-state index in [4.69, 9.17) is 0 Å². The topological polar surface area (TPSA) is 33.5 Å². The third-order valence-corrected chi connectivity index (χ3v) is 5.57. The number of hydrogen-bond acceptors (Lipinski definition) is 2. The quantitative estimate of drug-likeness (QED) is 0.738. The number of thioether (sulfide) groups is 1. The van der Waals surface area contributed by atoms with Gasteiger partial charge in [-0.15, -0.1) is 11.8 Å². The Bertz CT molecular complexity index is 767. The minimum atomic E-state index is -4.37. The van der Waals surface area contributed by atoms with E-state index in [9.17, 15) is 18.0 Å². The zero-order chi connectivity index (χ0) is 19.3. The molecule has 0 aromatic heterocycles. The van der Waals surface area contributed by atoms with Crippen molar-refractivity contribution >= 4 is 17.7 Å². The number of amides is 1. The molecule has 1 saturated heterocycles. The number of carbonyl (C=O) groups is 1. The van der Waals surface area contributed by atoms with Gasteiger partial charge in [-0.25, -0.2) is 0 Å². The Labute approximate surface area is 160 Å². The third kappa shape index (κ3) is 6.01. The molecule has 0 aliphatic carbocycles. The average Bonchev–Trinajstić information content (AvgIpc) is 3.07. The smallest absolute Gasteiger partial charge is 0.347 e. The van der Waals surface area contributed by atoms with Crippen molar-refractivity contribution < 1.29 is 22.9 Å². The molecule has 0 bridgehead atoms. The van der Waals surface area contributed by atoms with Gasteiger partial charge in [-0.3, -0.25) is 4.79 Å². The summed E-state index contributed by atoms with van der Waals surface area (Å²) in [6.07, 6.45) is -3.45. The first kappa shape index (κ1) is 19.8. The number of likely N-dealkylation sites (tertiary alicyclic amines) is 1. The first-order valence-corrected chi connectivity index (χ1v) is 9.85. The summed E-state index contributed by atoms with van der Waals surface area (Å²) in [7, 11) is 0. The molecule has 144 valence electrons. The van der Waals surface area contributed by atoms with E-state index in [1.54, 1.807) is 6.07 Å². The summed E-state index contributed by atoms with van der Waals surface area (Å²) < 4.78 is 38.2. The molecule has 1 unspecified atom stereocenters. The molecule has 2 aromatic rings. The number of carbonyl (C=O) groups excluding carboxylic acids is 1. The number of halogens is 3. The monoisotopic (exact) mass is 395 g/mol. The van der Waals surface area contributed by atoms with Crippen LogP contribution in [0.5, 0.6) is 0 Å². The van der Waals surface area contributed by atoms with Crippen molar-refractivity contribution in [3.05, 3.63) is 65.7 Å². The van der Waals surface area contributed by atoms with Crippen LogP contribution in [0.4, 0.5) is 13.2 Å². The standard InChI is InChI=1S/C20H21F3N2OS/c21-20(22,23)16-7-4-8-18(11-16)27-14-19(26)24-17-9-10-25(13-17)12-15-5-2-1-3-6-15/h1-8,11,17H,9-10,12-14H2,(H,24,26)/p+1/t17-/m1/s1. The minimum absolute atomic E-state index is 0.117. The molecule has 2 atom stereocenters. The maximum absolute atomic E-state index is 12.7. The van der Waals surface area contributed by atoms with E-state index in [2.05, 4.69) is 17.4 Å². The molecule has 2 aromatic carbocycles. The van der Waals surface area contributed by atoms with Gasteiger partial charge in [0.25, 0.3) is 0 Å². The highest BCUT2D eigenvalue weighted by atomic mass is 32.2. The zero-order valence-electron chi connectivity index (χ0n) is 14.8. The number of benzene rings is 2. The Morgan fingerprint density at radius 3 is 2.67 bits per heavy atom. The van der Waals surface area contributed by atoms with Crippen LogP contribution < -0.4 is 10.2 Å². The van der Waals surface area contributed by atoms with E-state index in [0.717, 1.165) is 49.9 Å². The van der Waals surface area contributed by atoms with Crippen LogP contribution in [0.25, 0.3) is 0 Å². The molecule has 3 rings (SSSR count). The normalized spacial score (nSPS) is 19.8. The number of nitrogens with one attached hydrogen (secondary N) is 2. The molecule has 0 radical (unpaired) electrons. The molecule has 27 heavy (non-hydrogen) atoms. The fraction of sp³-hybridized carbons (Fsp3) is 0.350. The Morgan fingerprint density at radius 1 is 1.15 bits per heavy atom. The summed E-state index contributed by atoms with van der Waals surface area (Å²) in [5, 5.41) is 3.01. The van der Waals surface area contributed by atoms with Crippen molar-refractivity contribution in [1.29, 1.82) is 0 Å². The molecular formula is C20H22F3N2OS+. The van der Waals surface area contributed by atoms with Crippen LogP contribution in [-0.2, 0) is 17.5 Å². The molecule has 7 heteroatoms. The van der Waals surface area contributed by atoms with Crippen LogP contribution in [0.1, 0.15) is 17.5 Å². The fourth-order valence-corrected chi connectivity index (χ4v) is 4.05. The van der Waals surface area contributed by atoms with Gasteiger partial charge >= 0.3 is 6.18 Å². The molecule has 2 N–H and O–H groups in total. The lowest BCUT2D eigenvalue weighted by Gasteiger charge is -2.14. The van der Waals surface area contributed by atoms with E-state index in [0.29, 0.717) is 4.90 Å². The van der Waals surface area contributed by atoms with Gasteiger partial charge in [0.15, 0.2) is 0 Å². The first-order chi connectivity index (χ1) is 12.9. The van der Waals surface area contributed by atoms with E-state index < -0.39 is 11.7 Å². The Kier molecular flexibility index (Phi) is 6.44. The van der Waals surface area contributed by atoms with Crippen LogP contribution in [0.3, 0.4) is 0 Å². The van der Waals surface area contributed by atoms with E-state index in [1.807, 2.05) is 18.2 Å². The van der Waals surface area contributed by atoms with Gasteiger partial charge in [0.05, 0.1) is 30.4 Å². The minimum Gasteiger partial charge on any atom is -0.347 e. The number of hydrogen-bond donors (Lipinski definition) is 2. The second kappa shape index (κ2) is 8.80. The van der Waals surface area contributed by atoms with Crippen LogP contribution in [0.2, 0.25) is 0 Å². The van der Waals surface area contributed by atoms with Gasteiger partial charge in [0.1, 0.15) is 6.54 Å². The second-order valence-electron chi connectivity index (χ2n) is 6.73. The Balaban J connectivity index is 1.44. The number of quaternary nitrogens is 1. The van der Waals surface area contributed by atoms with Crippen LogP contribution in [0, 0.1) is 0 Å². The average molecular weight is 395 g/mol. The van der Waals surface area contributed by atoms with Gasteiger partial charge < -0.3 is 10.2 Å². The lowest BCUT2D eigenvalue weighted by atomic mass is 10.2. The van der Waals surface area contributed by atoms with Crippen molar-refractivity contribution in [2.45, 2.75) is 30.1 Å². The molecule has 1 aliphatic heterocycles. The Morgan fingerprint density at radius 2 is 1.93 bits per heavy atom. The third-order valence-electron chi connectivity index (χ3n) is 4.57. The summed E-state index contributed by atoms with van der Waals surface area (Å²) in [4.78, 5) is 14.0. The highest BCUT2D eigenvalue weighted by Gasteiger charge is 2.30. The second-order valence-corrected chi connectivity index (χ2v) is 7.78. The molecule has 1 aliphatic rings. The highest BCUT2D eigenvalue weighted by molar-refractivity contribution is 8.00. The largest absolute Gasteiger partial charge is 0.416 e. The van der Waals surface area contributed by atoms with Crippen LogP contribution >= 0.6 is 11.8 Å². The zero-order valence-corrected chi connectivity index (χ0v) is 15.6. The predicted octanol–water partition coefficient (Wildman–Crippen LogP) is 2.77. The van der Waals surface area contributed by atoms with Crippen LogP contribution in [0.15, 0.2) is 59.5 Å². The van der Waals surface area contributed by atoms with Crippen molar-refractivity contribution in [3.8, 4) is 0 Å². The molecule has 1 amide bonds. The molecule has 0 spiro atoms. The molecule has 3 nitrogen and oxygen atoms in total. The van der Waals surface area contributed by atoms with Gasteiger partial charge in [0.2, 0.25) is 5.91 Å². The highest BCUT2D eigenvalue weighted by Crippen LogP contribution is 2.31. The SMILES string of the molecule is O=C(CSc1cccc(C(F)(F)F)c1)N[C@@H]1CC[NH+](Cc2ccccc2)C1. The summed E-state index contributed by atoms with van der Waals surface area (Å²) in [5.74, 6) is -0.0189. The van der Waals surface area contributed by atoms with Gasteiger partial charge in [-0.05, 0) is 18.2 Å². The molecule has 1 fully saturated rings. The van der Waals surface area contributed by atoms with Crippen molar-refractivity contribution in [1.82, 2.24) is 5.32 Å². The summed E-state index contributed by atoms with van der Waals surface area (Å²) in [6, 6.07) is 15.4. The van der Waals surface area contributed by atoms with E-state index in [-0.39, 0.29) is 17.7 Å². The van der Waals surface area contributed by atoms with E-state index in [1.165, 1.54) is 16.5 Å². The molecule has 0 saturated carbocycles. The van der Waals surface area contributed by atoms with Gasteiger partial charge in [0, 0.05) is 16.9 Å². The Hall–Kier alpha value is -1.99. The van der Waals surface area contributed by atoms with Crippen molar-refractivity contribution in [3.63, 3.8) is 0 Å². The first-order valence-electron chi connectivity index (χ1n) is 8.87. The molecule has 1 heterocycles. The van der Waals surface area contributed by atoms with Crippen molar-refractivity contribution in [2.24, 2.45) is 0 Å². The number of rotatable bonds is 6. The lowest BCUT2D eigenvalue weighted by molar-refractivity contribution is -0.901. The predicted molar refractivity (Wildman–Crippen MR) is 99.6 cm³/mol.